The van der Waals surface area contributed by atoms with Gasteiger partial charge >= 0.3 is 0 Å². The van der Waals surface area contributed by atoms with E-state index in [0.717, 1.165) is 55.7 Å². The number of hydrogen-bond donors (Lipinski definition) is 1. The standard InChI is InChI=1S/C26H33N5O3/c1-19(2)25(27-24(32)18-33-3)26-29-28-23-12-13-30(14-15-31(23)26)17-20-8-7-11-22(16-20)34-21-9-5-4-6-10-21/h4-11,16,19,25H,12-15,17-18H2,1-3H3,(H,27,32). The predicted molar refractivity (Wildman–Crippen MR) is 130 cm³/mol. The molecule has 0 bridgehead atoms. The van der Waals surface area contributed by atoms with Crippen molar-refractivity contribution in [1.29, 1.82) is 0 Å². The lowest BCUT2D eigenvalue weighted by Gasteiger charge is -2.23. The normalized spacial score (nSPS) is 14.9. The molecule has 0 radical (unpaired) electrons. The number of carbonyl (C=O) groups is 1. The zero-order valence-corrected chi connectivity index (χ0v) is 20.1. The second kappa shape index (κ2) is 11.3. The van der Waals surface area contributed by atoms with Crippen molar-refractivity contribution in [2.75, 3.05) is 26.8 Å². The molecule has 34 heavy (non-hydrogen) atoms. The zero-order chi connectivity index (χ0) is 23.9. The van der Waals surface area contributed by atoms with Crippen LogP contribution < -0.4 is 10.1 Å². The molecule has 8 heteroatoms. The second-order valence-corrected chi connectivity index (χ2v) is 8.94. The van der Waals surface area contributed by atoms with Crippen molar-refractivity contribution in [1.82, 2.24) is 25.0 Å². The number of aromatic nitrogens is 3. The van der Waals surface area contributed by atoms with E-state index in [2.05, 4.69) is 51.0 Å². The topological polar surface area (TPSA) is 81.5 Å². The molecule has 1 amide bonds. The Morgan fingerprint density at radius 3 is 2.59 bits per heavy atom. The van der Waals surface area contributed by atoms with E-state index in [9.17, 15) is 4.79 Å². The molecule has 4 rings (SSSR count). The summed E-state index contributed by atoms with van der Waals surface area (Å²) in [6, 6.07) is 17.9. The summed E-state index contributed by atoms with van der Waals surface area (Å²) in [4.78, 5) is 14.6. The molecule has 1 atom stereocenters. The van der Waals surface area contributed by atoms with Crippen LogP contribution in [0.2, 0.25) is 0 Å². The number of carbonyl (C=O) groups excluding carboxylic acids is 1. The highest BCUT2D eigenvalue weighted by Gasteiger charge is 2.27. The van der Waals surface area contributed by atoms with Gasteiger partial charge in [0.2, 0.25) is 5.91 Å². The van der Waals surface area contributed by atoms with Crippen LogP contribution in [0.5, 0.6) is 11.5 Å². The van der Waals surface area contributed by atoms with Crippen LogP contribution in [0.3, 0.4) is 0 Å². The van der Waals surface area contributed by atoms with E-state index in [0.29, 0.717) is 0 Å². The van der Waals surface area contributed by atoms with Crippen molar-refractivity contribution >= 4 is 5.91 Å². The number of fused-ring (bicyclic) bond motifs is 1. The molecule has 0 fully saturated rings. The van der Waals surface area contributed by atoms with Gasteiger partial charge in [0.05, 0.1) is 6.04 Å². The maximum atomic E-state index is 12.2. The fourth-order valence-electron chi connectivity index (χ4n) is 4.24. The van der Waals surface area contributed by atoms with Gasteiger partial charge in [0.15, 0.2) is 5.82 Å². The summed E-state index contributed by atoms with van der Waals surface area (Å²) in [6.07, 6.45) is 0.810. The number of amides is 1. The largest absolute Gasteiger partial charge is 0.457 e. The first-order chi connectivity index (χ1) is 16.5. The first kappa shape index (κ1) is 23.9. The minimum atomic E-state index is -0.206. The van der Waals surface area contributed by atoms with Crippen LogP contribution in [0.1, 0.15) is 37.1 Å². The van der Waals surface area contributed by atoms with E-state index >= 15 is 0 Å². The summed E-state index contributed by atoms with van der Waals surface area (Å²) in [5.74, 6) is 3.48. The van der Waals surface area contributed by atoms with Crippen LogP contribution >= 0.6 is 0 Å². The molecule has 1 N–H and O–H groups in total. The maximum Gasteiger partial charge on any atom is 0.246 e. The van der Waals surface area contributed by atoms with Crippen LogP contribution in [0.4, 0.5) is 0 Å². The van der Waals surface area contributed by atoms with Crippen LogP contribution in [0.25, 0.3) is 0 Å². The first-order valence-corrected chi connectivity index (χ1v) is 11.8. The highest BCUT2D eigenvalue weighted by atomic mass is 16.5. The number of nitrogens with zero attached hydrogens (tertiary/aromatic N) is 4. The van der Waals surface area contributed by atoms with Gasteiger partial charge in [0.25, 0.3) is 0 Å². The average Bonchev–Trinajstić information content (AvgIpc) is 3.12. The molecule has 8 nitrogen and oxygen atoms in total. The van der Waals surface area contributed by atoms with Crippen LogP contribution in [-0.4, -0.2) is 52.4 Å². The van der Waals surface area contributed by atoms with E-state index in [1.165, 1.54) is 12.7 Å². The van der Waals surface area contributed by atoms with Crippen molar-refractivity contribution in [2.45, 2.75) is 39.4 Å². The fourth-order valence-corrected chi connectivity index (χ4v) is 4.24. The molecule has 1 aliphatic rings. The number of para-hydroxylation sites is 1. The minimum absolute atomic E-state index is 0.0328. The van der Waals surface area contributed by atoms with E-state index < -0.39 is 0 Å². The molecule has 2 aromatic carbocycles. The Balaban J connectivity index is 1.42. The fraction of sp³-hybridized carbons (Fsp3) is 0.423. The summed E-state index contributed by atoms with van der Waals surface area (Å²) >= 11 is 0. The van der Waals surface area contributed by atoms with E-state index in [1.54, 1.807) is 0 Å². The van der Waals surface area contributed by atoms with Crippen molar-refractivity contribution in [2.24, 2.45) is 5.92 Å². The van der Waals surface area contributed by atoms with Gasteiger partial charge < -0.3 is 19.4 Å². The van der Waals surface area contributed by atoms with Gasteiger partial charge in [-0.15, -0.1) is 10.2 Å². The Morgan fingerprint density at radius 2 is 1.82 bits per heavy atom. The number of rotatable bonds is 9. The summed E-state index contributed by atoms with van der Waals surface area (Å²) in [5, 5.41) is 12.0. The van der Waals surface area contributed by atoms with Gasteiger partial charge in [-0.1, -0.05) is 44.2 Å². The zero-order valence-electron chi connectivity index (χ0n) is 20.1. The van der Waals surface area contributed by atoms with E-state index in [-0.39, 0.29) is 24.5 Å². The molecule has 0 saturated heterocycles. The Kier molecular flexibility index (Phi) is 7.92. The summed E-state index contributed by atoms with van der Waals surface area (Å²) in [5.41, 5.74) is 1.21. The highest BCUT2D eigenvalue weighted by molar-refractivity contribution is 5.77. The SMILES string of the molecule is COCC(=O)NC(c1nnc2n1CCN(Cc1cccc(Oc3ccccc3)c1)CC2)C(C)C. The van der Waals surface area contributed by atoms with Crippen molar-refractivity contribution in [3.05, 3.63) is 71.8 Å². The lowest BCUT2D eigenvalue weighted by molar-refractivity contribution is -0.125. The van der Waals surface area contributed by atoms with Gasteiger partial charge in [-0.05, 0) is 35.7 Å². The maximum absolute atomic E-state index is 12.2. The Hall–Kier alpha value is -3.23. The number of ether oxygens (including phenoxy) is 2. The molecule has 0 spiro atoms. The molecular weight excluding hydrogens is 430 g/mol. The molecule has 1 unspecified atom stereocenters. The lowest BCUT2D eigenvalue weighted by Crippen LogP contribution is -2.36. The molecule has 0 aliphatic carbocycles. The molecule has 1 aliphatic heterocycles. The first-order valence-electron chi connectivity index (χ1n) is 11.8. The predicted octanol–water partition coefficient (Wildman–Crippen LogP) is 3.59. The molecule has 1 aromatic heterocycles. The molecule has 3 aromatic rings. The number of nitrogens with one attached hydrogen (secondary N) is 1. The minimum Gasteiger partial charge on any atom is -0.457 e. The van der Waals surface area contributed by atoms with Crippen molar-refractivity contribution in [3.63, 3.8) is 0 Å². The lowest BCUT2D eigenvalue weighted by atomic mass is 10.0. The van der Waals surface area contributed by atoms with Gasteiger partial charge in [-0.2, -0.15) is 0 Å². The van der Waals surface area contributed by atoms with Gasteiger partial charge in [0.1, 0.15) is 23.9 Å². The highest BCUT2D eigenvalue weighted by Crippen LogP contribution is 2.25. The van der Waals surface area contributed by atoms with Crippen LogP contribution in [0.15, 0.2) is 54.6 Å². The Labute approximate surface area is 200 Å². The molecular formula is C26H33N5O3. The molecule has 180 valence electrons. The van der Waals surface area contributed by atoms with Crippen molar-refractivity contribution in [3.8, 4) is 11.5 Å². The summed E-state index contributed by atoms with van der Waals surface area (Å²) in [6.45, 7) is 7.56. The Morgan fingerprint density at radius 1 is 1.03 bits per heavy atom. The monoisotopic (exact) mass is 463 g/mol. The second-order valence-electron chi connectivity index (χ2n) is 8.94. The molecule has 2 heterocycles. The third kappa shape index (κ3) is 6.01. The third-order valence-electron chi connectivity index (χ3n) is 5.97. The third-order valence-corrected chi connectivity index (χ3v) is 5.97. The average molecular weight is 464 g/mol. The quantitative estimate of drug-likeness (QED) is 0.522. The van der Waals surface area contributed by atoms with Gasteiger partial charge in [-0.25, -0.2) is 0 Å². The Bertz CT molecular complexity index is 1080. The summed E-state index contributed by atoms with van der Waals surface area (Å²) in [7, 11) is 1.52. The number of hydrogen-bond acceptors (Lipinski definition) is 6. The smallest absolute Gasteiger partial charge is 0.246 e. The number of benzene rings is 2. The van der Waals surface area contributed by atoms with Gasteiger partial charge in [0, 0.05) is 39.7 Å². The molecule has 0 saturated carbocycles. The van der Waals surface area contributed by atoms with Crippen LogP contribution in [0, 0.1) is 5.92 Å². The number of methoxy groups -OCH3 is 1. The van der Waals surface area contributed by atoms with Gasteiger partial charge in [-0.3, -0.25) is 9.69 Å². The van der Waals surface area contributed by atoms with Crippen molar-refractivity contribution < 1.29 is 14.3 Å². The van der Waals surface area contributed by atoms with E-state index in [1.807, 2.05) is 42.5 Å². The summed E-state index contributed by atoms with van der Waals surface area (Å²) < 4.78 is 13.1. The van der Waals surface area contributed by atoms with E-state index in [4.69, 9.17) is 9.47 Å². The van der Waals surface area contributed by atoms with Crippen LogP contribution in [-0.2, 0) is 29.0 Å².